The van der Waals surface area contributed by atoms with E-state index in [4.69, 9.17) is 9.47 Å². The highest BCUT2D eigenvalue weighted by molar-refractivity contribution is 7.15. The molecule has 0 aromatic carbocycles. The lowest BCUT2D eigenvalue weighted by atomic mass is 10.4. The molecule has 5 nitrogen and oxygen atoms in total. The first-order valence-electron chi connectivity index (χ1n) is 6.30. The average Bonchev–Trinajstić information content (AvgIpc) is 2.77. The molecule has 1 aliphatic heterocycles. The molecule has 1 saturated heterocycles. The summed E-state index contributed by atoms with van der Waals surface area (Å²) in [6, 6.07) is 0. The van der Waals surface area contributed by atoms with E-state index in [0.29, 0.717) is 0 Å². The minimum atomic E-state index is 0.744. The predicted octanol–water partition coefficient (Wildman–Crippen LogP) is 1.02. The van der Waals surface area contributed by atoms with Crippen molar-refractivity contribution in [2.75, 3.05) is 51.5 Å². The molecule has 1 fully saturated rings. The van der Waals surface area contributed by atoms with Gasteiger partial charge in [0.2, 0.25) is 0 Å². The number of hydrogen-bond donors (Lipinski definition) is 1. The summed E-state index contributed by atoms with van der Waals surface area (Å²) in [7, 11) is 1.72. The lowest BCUT2D eigenvalue weighted by molar-refractivity contribution is 0.122. The van der Waals surface area contributed by atoms with Gasteiger partial charge < -0.3 is 19.7 Å². The number of aromatic nitrogens is 1. The number of nitrogens with zero attached hydrogens (tertiary/aromatic N) is 2. The summed E-state index contributed by atoms with van der Waals surface area (Å²) < 4.78 is 10.4. The maximum atomic E-state index is 5.36. The van der Waals surface area contributed by atoms with E-state index in [0.717, 1.165) is 56.8 Å². The summed E-state index contributed by atoms with van der Waals surface area (Å²) in [5, 5.41) is 4.49. The predicted molar refractivity (Wildman–Crippen MR) is 73.5 cm³/mol. The second-order valence-corrected chi connectivity index (χ2v) is 5.34. The van der Waals surface area contributed by atoms with Gasteiger partial charge in [-0.25, -0.2) is 4.98 Å². The zero-order chi connectivity index (χ0) is 12.8. The maximum absolute atomic E-state index is 5.36. The monoisotopic (exact) mass is 271 g/mol. The van der Waals surface area contributed by atoms with E-state index in [2.05, 4.69) is 22.1 Å². The van der Waals surface area contributed by atoms with Gasteiger partial charge in [0.25, 0.3) is 0 Å². The Morgan fingerprint density at radius 3 is 2.94 bits per heavy atom. The van der Waals surface area contributed by atoms with Crippen LogP contribution in [-0.4, -0.2) is 51.5 Å². The van der Waals surface area contributed by atoms with Crippen molar-refractivity contribution in [2.45, 2.75) is 13.5 Å². The third kappa shape index (κ3) is 3.65. The van der Waals surface area contributed by atoms with Crippen LogP contribution in [0.3, 0.4) is 0 Å². The standard InChI is InChI=1S/C12H21N3O2S/c1-10-11(9-13-3-6-16-2)18-12(14-10)15-4-7-17-8-5-15/h13H,3-9H2,1-2H3. The number of ether oxygens (including phenoxy) is 2. The summed E-state index contributed by atoms with van der Waals surface area (Å²) in [5.74, 6) is 0. The van der Waals surface area contributed by atoms with Crippen LogP contribution >= 0.6 is 11.3 Å². The van der Waals surface area contributed by atoms with E-state index < -0.39 is 0 Å². The number of hydrogen-bond acceptors (Lipinski definition) is 6. The molecule has 1 aliphatic rings. The first-order chi connectivity index (χ1) is 8.81. The largest absolute Gasteiger partial charge is 0.383 e. The molecule has 0 amide bonds. The van der Waals surface area contributed by atoms with Gasteiger partial charge in [-0.2, -0.15) is 0 Å². The topological polar surface area (TPSA) is 46.6 Å². The van der Waals surface area contributed by atoms with E-state index in [1.54, 1.807) is 18.4 Å². The van der Waals surface area contributed by atoms with Crippen LogP contribution in [-0.2, 0) is 16.0 Å². The molecular weight excluding hydrogens is 250 g/mol. The highest BCUT2D eigenvalue weighted by Gasteiger charge is 2.16. The third-order valence-corrected chi connectivity index (χ3v) is 4.15. The summed E-state index contributed by atoms with van der Waals surface area (Å²) in [6.45, 7) is 8.08. The van der Waals surface area contributed by atoms with Crippen LogP contribution in [0.25, 0.3) is 0 Å². The van der Waals surface area contributed by atoms with E-state index in [-0.39, 0.29) is 0 Å². The van der Waals surface area contributed by atoms with Gasteiger partial charge in [0.05, 0.1) is 25.5 Å². The van der Waals surface area contributed by atoms with E-state index in [1.807, 2.05) is 0 Å². The van der Waals surface area contributed by atoms with Crippen LogP contribution in [0, 0.1) is 6.92 Å². The summed E-state index contributed by atoms with van der Waals surface area (Å²) in [6.07, 6.45) is 0. The second kappa shape index (κ2) is 7.04. The first-order valence-corrected chi connectivity index (χ1v) is 7.11. The van der Waals surface area contributed by atoms with Crippen molar-refractivity contribution in [3.05, 3.63) is 10.6 Å². The van der Waals surface area contributed by atoms with Crippen molar-refractivity contribution < 1.29 is 9.47 Å². The smallest absolute Gasteiger partial charge is 0.185 e. The molecule has 0 radical (unpaired) electrons. The zero-order valence-electron chi connectivity index (χ0n) is 11.1. The molecule has 1 aromatic heterocycles. The Bertz CT molecular complexity index is 364. The maximum Gasteiger partial charge on any atom is 0.185 e. The SMILES string of the molecule is COCCNCc1sc(N2CCOCC2)nc1C. The second-order valence-electron chi connectivity index (χ2n) is 4.27. The molecule has 102 valence electrons. The molecule has 0 saturated carbocycles. The molecule has 0 aliphatic carbocycles. The molecule has 0 bridgehead atoms. The summed E-state index contributed by atoms with van der Waals surface area (Å²) >= 11 is 1.78. The molecular formula is C12H21N3O2S. The number of nitrogens with one attached hydrogen (secondary N) is 1. The molecule has 6 heteroatoms. The van der Waals surface area contributed by atoms with Crippen LogP contribution < -0.4 is 10.2 Å². The van der Waals surface area contributed by atoms with Gasteiger partial charge in [-0.05, 0) is 6.92 Å². The van der Waals surface area contributed by atoms with Gasteiger partial charge in [-0.3, -0.25) is 0 Å². The summed E-state index contributed by atoms with van der Waals surface area (Å²) in [5.41, 5.74) is 1.13. The van der Waals surface area contributed by atoms with Crippen molar-refractivity contribution in [1.82, 2.24) is 10.3 Å². The molecule has 18 heavy (non-hydrogen) atoms. The van der Waals surface area contributed by atoms with Crippen molar-refractivity contribution in [1.29, 1.82) is 0 Å². The Kier molecular flexibility index (Phi) is 5.37. The van der Waals surface area contributed by atoms with Crippen LogP contribution in [0.4, 0.5) is 5.13 Å². The Morgan fingerprint density at radius 1 is 1.44 bits per heavy atom. The fourth-order valence-electron chi connectivity index (χ4n) is 1.84. The molecule has 2 rings (SSSR count). The van der Waals surface area contributed by atoms with Crippen LogP contribution in [0.5, 0.6) is 0 Å². The number of aryl methyl sites for hydroxylation is 1. The van der Waals surface area contributed by atoms with Crippen molar-refractivity contribution in [2.24, 2.45) is 0 Å². The fraction of sp³-hybridized carbons (Fsp3) is 0.750. The number of anilines is 1. The van der Waals surface area contributed by atoms with Gasteiger partial charge in [-0.1, -0.05) is 0 Å². The van der Waals surface area contributed by atoms with Crippen molar-refractivity contribution in [3.8, 4) is 0 Å². The molecule has 0 unspecified atom stereocenters. The van der Waals surface area contributed by atoms with Gasteiger partial charge in [0, 0.05) is 38.2 Å². The Labute approximate surface area is 112 Å². The zero-order valence-corrected chi connectivity index (χ0v) is 11.9. The fourth-order valence-corrected chi connectivity index (χ4v) is 2.92. The molecule has 0 atom stereocenters. The number of rotatable bonds is 6. The van der Waals surface area contributed by atoms with Crippen molar-refractivity contribution >= 4 is 16.5 Å². The summed E-state index contributed by atoms with van der Waals surface area (Å²) in [4.78, 5) is 8.27. The first kappa shape index (κ1) is 13.7. The minimum Gasteiger partial charge on any atom is -0.383 e. The highest BCUT2D eigenvalue weighted by atomic mass is 32.1. The average molecular weight is 271 g/mol. The Hall–Kier alpha value is -0.690. The molecule has 0 spiro atoms. The third-order valence-electron chi connectivity index (χ3n) is 2.93. The van der Waals surface area contributed by atoms with E-state index >= 15 is 0 Å². The number of morpholine rings is 1. The lowest BCUT2D eigenvalue weighted by Gasteiger charge is -2.26. The molecule has 2 heterocycles. The van der Waals surface area contributed by atoms with Crippen LogP contribution in [0.15, 0.2) is 0 Å². The van der Waals surface area contributed by atoms with Crippen LogP contribution in [0.2, 0.25) is 0 Å². The van der Waals surface area contributed by atoms with E-state index in [1.165, 1.54) is 4.88 Å². The highest BCUT2D eigenvalue weighted by Crippen LogP contribution is 2.26. The van der Waals surface area contributed by atoms with Gasteiger partial charge in [0.1, 0.15) is 0 Å². The number of thiazole rings is 1. The lowest BCUT2D eigenvalue weighted by Crippen LogP contribution is -2.36. The molecule has 1 N–H and O–H groups in total. The minimum absolute atomic E-state index is 0.744. The number of methoxy groups -OCH3 is 1. The van der Waals surface area contributed by atoms with Crippen molar-refractivity contribution in [3.63, 3.8) is 0 Å². The quantitative estimate of drug-likeness (QED) is 0.783. The van der Waals surface area contributed by atoms with Gasteiger partial charge >= 0.3 is 0 Å². The molecule has 1 aromatic rings. The normalized spacial score (nSPS) is 16.2. The Balaban J connectivity index is 1.89. The van der Waals surface area contributed by atoms with E-state index in [9.17, 15) is 0 Å². The Morgan fingerprint density at radius 2 is 2.22 bits per heavy atom. The van der Waals surface area contributed by atoms with Gasteiger partial charge in [0.15, 0.2) is 5.13 Å². The van der Waals surface area contributed by atoms with Gasteiger partial charge in [-0.15, -0.1) is 11.3 Å². The van der Waals surface area contributed by atoms with Crippen LogP contribution in [0.1, 0.15) is 10.6 Å².